The summed E-state index contributed by atoms with van der Waals surface area (Å²) in [4.78, 5) is 4.46. The predicted molar refractivity (Wildman–Crippen MR) is 71.0 cm³/mol. The van der Waals surface area contributed by atoms with Gasteiger partial charge in [0.25, 0.3) is 0 Å². The van der Waals surface area contributed by atoms with Gasteiger partial charge >= 0.3 is 0 Å². The molecule has 0 unspecified atom stereocenters. The lowest BCUT2D eigenvalue weighted by Gasteiger charge is -2.03. The first-order valence-corrected chi connectivity index (χ1v) is 5.91. The van der Waals surface area contributed by atoms with Gasteiger partial charge in [-0.3, -0.25) is 0 Å². The Labute approximate surface area is 106 Å². The van der Waals surface area contributed by atoms with Crippen molar-refractivity contribution < 1.29 is 4.74 Å². The molecule has 0 radical (unpaired) electrons. The number of rotatable bonds is 3. The number of imidazole rings is 1. The Morgan fingerprint density at radius 2 is 1.94 bits per heavy atom. The first-order valence-electron chi connectivity index (χ1n) is 5.91. The van der Waals surface area contributed by atoms with E-state index in [4.69, 9.17) is 4.74 Å². The van der Waals surface area contributed by atoms with Crippen molar-refractivity contribution in [2.24, 2.45) is 0 Å². The summed E-state index contributed by atoms with van der Waals surface area (Å²) in [7, 11) is 1.68. The molecule has 2 heterocycles. The van der Waals surface area contributed by atoms with E-state index in [-0.39, 0.29) is 0 Å². The molecule has 0 aliphatic rings. The molecule has 0 fully saturated rings. The van der Waals surface area contributed by atoms with E-state index >= 15 is 0 Å². The minimum atomic E-state index is 0.822. The smallest absolute Gasteiger partial charge is 0.118 e. The van der Waals surface area contributed by atoms with E-state index in [1.165, 1.54) is 5.56 Å². The molecule has 0 amide bonds. The summed E-state index contributed by atoms with van der Waals surface area (Å²) in [5, 5.41) is 0. The van der Waals surface area contributed by atoms with Crippen molar-refractivity contribution in [3.63, 3.8) is 0 Å². The summed E-state index contributed by atoms with van der Waals surface area (Å²) in [6.07, 6.45) is 4.77. The molecule has 90 valence electrons. The SMILES string of the molecule is COc1ccc(Cc2ncc3ccccn23)cc1. The fraction of sp³-hybridized carbons (Fsp3) is 0.133. The van der Waals surface area contributed by atoms with Crippen molar-refractivity contribution in [1.29, 1.82) is 0 Å². The second-order valence-electron chi connectivity index (χ2n) is 4.19. The summed E-state index contributed by atoms with van der Waals surface area (Å²) < 4.78 is 7.27. The van der Waals surface area contributed by atoms with Crippen LogP contribution in [0.15, 0.2) is 54.9 Å². The van der Waals surface area contributed by atoms with E-state index in [0.29, 0.717) is 0 Å². The van der Waals surface area contributed by atoms with Crippen molar-refractivity contribution in [1.82, 2.24) is 9.38 Å². The fourth-order valence-corrected chi connectivity index (χ4v) is 2.06. The topological polar surface area (TPSA) is 26.5 Å². The van der Waals surface area contributed by atoms with E-state index in [1.807, 2.05) is 36.7 Å². The number of benzene rings is 1. The molecule has 3 nitrogen and oxygen atoms in total. The predicted octanol–water partition coefficient (Wildman–Crippen LogP) is 2.93. The number of ether oxygens (including phenoxy) is 1. The van der Waals surface area contributed by atoms with Gasteiger partial charge in [0.1, 0.15) is 11.6 Å². The molecule has 0 aliphatic carbocycles. The Balaban J connectivity index is 1.91. The third-order valence-corrected chi connectivity index (χ3v) is 3.04. The van der Waals surface area contributed by atoms with E-state index < -0.39 is 0 Å². The van der Waals surface area contributed by atoms with Gasteiger partial charge in [0.05, 0.1) is 18.8 Å². The van der Waals surface area contributed by atoms with Crippen molar-refractivity contribution in [3.05, 3.63) is 66.2 Å². The molecular weight excluding hydrogens is 224 g/mol. The van der Waals surface area contributed by atoms with Crippen LogP contribution in [0.5, 0.6) is 5.75 Å². The first kappa shape index (κ1) is 10.8. The maximum absolute atomic E-state index is 5.15. The van der Waals surface area contributed by atoms with Gasteiger partial charge in [-0.2, -0.15) is 0 Å². The van der Waals surface area contributed by atoms with Gasteiger partial charge in [0.2, 0.25) is 0 Å². The molecule has 18 heavy (non-hydrogen) atoms. The largest absolute Gasteiger partial charge is 0.497 e. The highest BCUT2D eigenvalue weighted by Crippen LogP contribution is 2.15. The number of hydrogen-bond acceptors (Lipinski definition) is 2. The van der Waals surface area contributed by atoms with Gasteiger partial charge in [0, 0.05) is 12.6 Å². The lowest BCUT2D eigenvalue weighted by atomic mass is 10.1. The normalized spacial score (nSPS) is 10.7. The lowest BCUT2D eigenvalue weighted by Crippen LogP contribution is -1.96. The molecule has 0 saturated carbocycles. The zero-order valence-corrected chi connectivity index (χ0v) is 10.2. The quantitative estimate of drug-likeness (QED) is 0.701. The van der Waals surface area contributed by atoms with E-state index in [1.54, 1.807) is 7.11 Å². The van der Waals surface area contributed by atoms with Crippen LogP contribution in [0.2, 0.25) is 0 Å². The van der Waals surface area contributed by atoms with Gasteiger partial charge in [-0.1, -0.05) is 18.2 Å². The number of pyridine rings is 1. The molecule has 3 heteroatoms. The maximum Gasteiger partial charge on any atom is 0.118 e. The van der Waals surface area contributed by atoms with Crippen molar-refractivity contribution in [2.45, 2.75) is 6.42 Å². The average molecular weight is 238 g/mol. The maximum atomic E-state index is 5.15. The zero-order valence-electron chi connectivity index (χ0n) is 10.2. The van der Waals surface area contributed by atoms with Crippen LogP contribution in [0, 0.1) is 0 Å². The second kappa shape index (κ2) is 4.53. The van der Waals surface area contributed by atoms with E-state index in [9.17, 15) is 0 Å². The minimum Gasteiger partial charge on any atom is -0.497 e. The summed E-state index contributed by atoms with van der Waals surface area (Å²) in [6, 6.07) is 14.2. The highest BCUT2D eigenvalue weighted by molar-refractivity contribution is 5.46. The summed E-state index contributed by atoms with van der Waals surface area (Å²) in [5.74, 6) is 1.93. The fourth-order valence-electron chi connectivity index (χ4n) is 2.06. The molecule has 1 aromatic carbocycles. The highest BCUT2D eigenvalue weighted by Gasteiger charge is 2.04. The number of aromatic nitrogens is 2. The molecule has 2 aromatic heterocycles. The van der Waals surface area contributed by atoms with Crippen LogP contribution in [0.4, 0.5) is 0 Å². The Morgan fingerprint density at radius 1 is 1.11 bits per heavy atom. The summed E-state index contributed by atoms with van der Waals surface area (Å²) >= 11 is 0. The number of hydrogen-bond donors (Lipinski definition) is 0. The van der Waals surface area contributed by atoms with Crippen LogP contribution in [-0.4, -0.2) is 16.5 Å². The molecule has 3 aromatic rings. The van der Waals surface area contributed by atoms with Gasteiger partial charge in [-0.05, 0) is 29.8 Å². The average Bonchev–Trinajstić information content (AvgIpc) is 2.83. The summed E-state index contributed by atoms with van der Waals surface area (Å²) in [5.41, 5.74) is 2.35. The first-order chi connectivity index (χ1) is 8.86. The van der Waals surface area contributed by atoms with Gasteiger partial charge in [0.15, 0.2) is 0 Å². The van der Waals surface area contributed by atoms with Gasteiger partial charge in [-0.15, -0.1) is 0 Å². The van der Waals surface area contributed by atoms with Crippen molar-refractivity contribution in [3.8, 4) is 5.75 Å². The molecule has 0 N–H and O–H groups in total. The third-order valence-electron chi connectivity index (χ3n) is 3.04. The zero-order chi connectivity index (χ0) is 12.4. The highest BCUT2D eigenvalue weighted by atomic mass is 16.5. The van der Waals surface area contributed by atoms with Gasteiger partial charge in [-0.25, -0.2) is 4.98 Å². The molecule has 0 bridgehead atoms. The number of nitrogens with zero attached hydrogens (tertiary/aromatic N) is 2. The Kier molecular flexibility index (Phi) is 2.73. The van der Waals surface area contributed by atoms with Gasteiger partial charge < -0.3 is 9.14 Å². The minimum absolute atomic E-state index is 0.822. The molecule has 0 aliphatic heterocycles. The van der Waals surface area contributed by atoms with Crippen LogP contribution in [-0.2, 0) is 6.42 Å². The lowest BCUT2D eigenvalue weighted by molar-refractivity contribution is 0.414. The third kappa shape index (κ3) is 1.95. The van der Waals surface area contributed by atoms with Crippen LogP contribution < -0.4 is 4.74 Å². The molecular formula is C15H14N2O. The molecule has 0 saturated heterocycles. The second-order valence-corrected chi connectivity index (χ2v) is 4.19. The van der Waals surface area contributed by atoms with Crippen LogP contribution in [0.1, 0.15) is 11.4 Å². The Bertz CT molecular complexity index is 656. The molecule has 0 spiro atoms. The Hall–Kier alpha value is -2.29. The summed E-state index contributed by atoms with van der Waals surface area (Å²) in [6.45, 7) is 0. The van der Waals surface area contributed by atoms with Crippen LogP contribution in [0.25, 0.3) is 5.52 Å². The monoisotopic (exact) mass is 238 g/mol. The standard InChI is InChI=1S/C15H14N2O/c1-18-14-7-5-12(6-8-14)10-15-16-11-13-4-2-3-9-17(13)15/h2-9,11H,10H2,1H3. The van der Waals surface area contributed by atoms with E-state index in [2.05, 4.69) is 27.6 Å². The van der Waals surface area contributed by atoms with Crippen molar-refractivity contribution >= 4 is 5.52 Å². The molecule has 3 rings (SSSR count). The number of methoxy groups -OCH3 is 1. The Morgan fingerprint density at radius 3 is 2.72 bits per heavy atom. The van der Waals surface area contributed by atoms with Crippen LogP contribution in [0.3, 0.4) is 0 Å². The van der Waals surface area contributed by atoms with Crippen molar-refractivity contribution in [2.75, 3.05) is 7.11 Å². The number of fused-ring (bicyclic) bond motifs is 1. The van der Waals surface area contributed by atoms with Crippen LogP contribution >= 0.6 is 0 Å². The van der Waals surface area contributed by atoms with E-state index in [0.717, 1.165) is 23.5 Å². The molecule has 0 atom stereocenters.